The van der Waals surface area contributed by atoms with Gasteiger partial charge >= 0.3 is 0 Å². The number of hydrogen-bond acceptors (Lipinski definition) is 2. The Kier molecular flexibility index (Phi) is 4.26. The summed E-state index contributed by atoms with van der Waals surface area (Å²) in [6.07, 6.45) is 1.98. The van der Waals surface area contributed by atoms with Crippen molar-refractivity contribution in [1.29, 1.82) is 0 Å². The lowest BCUT2D eigenvalue weighted by Gasteiger charge is -2.04. The van der Waals surface area contributed by atoms with Crippen molar-refractivity contribution in [2.24, 2.45) is 0 Å². The molecule has 29 heavy (non-hydrogen) atoms. The lowest BCUT2D eigenvalue weighted by Crippen LogP contribution is -2.02. The fourth-order valence-electron chi connectivity index (χ4n) is 3.61. The molecule has 138 valence electrons. The first-order valence-electron chi connectivity index (χ1n) is 9.54. The summed E-state index contributed by atoms with van der Waals surface area (Å²) in [5, 5.41) is 4.81. The van der Waals surface area contributed by atoms with Crippen molar-refractivity contribution < 1.29 is 4.79 Å². The standard InChI is InChI=1S/C26H18N2O/c29-26(21-14-8-3-9-15-21)24-23-17-16-22(19-10-4-1-5-11-19)18-28(23)27-25(24)20-12-6-2-7-13-20/h1-18H. The number of fused-ring (bicyclic) bond motifs is 1. The lowest BCUT2D eigenvalue weighted by atomic mass is 9.98. The van der Waals surface area contributed by atoms with Gasteiger partial charge in [-0.15, -0.1) is 0 Å². The summed E-state index contributed by atoms with van der Waals surface area (Å²) < 4.78 is 1.82. The smallest absolute Gasteiger partial charge is 0.197 e. The summed E-state index contributed by atoms with van der Waals surface area (Å²) in [5.41, 5.74) is 5.88. The quantitative estimate of drug-likeness (QED) is 0.367. The van der Waals surface area contributed by atoms with E-state index in [-0.39, 0.29) is 5.78 Å². The van der Waals surface area contributed by atoms with Crippen LogP contribution in [0.15, 0.2) is 109 Å². The van der Waals surface area contributed by atoms with E-state index in [2.05, 4.69) is 12.1 Å². The van der Waals surface area contributed by atoms with Crippen LogP contribution in [-0.4, -0.2) is 15.4 Å². The van der Waals surface area contributed by atoms with Crippen LogP contribution in [0.2, 0.25) is 0 Å². The summed E-state index contributed by atoms with van der Waals surface area (Å²) >= 11 is 0. The van der Waals surface area contributed by atoms with Crippen LogP contribution in [-0.2, 0) is 0 Å². The Morgan fingerprint density at radius 1 is 0.621 bits per heavy atom. The summed E-state index contributed by atoms with van der Waals surface area (Å²) in [5.74, 6) is -0.0214. The molecule has 0 aliphatic heterocycles. The van der Waals surface area contributed by atoms with Crippen molar-refractivity contribution in [3.05, 3.63) is 120 Å². The fraction of sp³-hybridized carbons (Fsp3) is 0. The van der Waals surface area contributed by atoms with Crippen molar-refractivity contribution in [3.63, 3.8) is 0 Å². The van der Waals surface area contributed by atoms with Gasteiger partial charge in [-0.3, -0.25) is 4.79 Å². The Hall–Kier alpha value is -3.98. The zero-order valence-electron chi connectivity index (χ0n) is 15.7. The average molecular weight is 374 g/mol. The predicted octanol–water partition coefficient (Wildman–Crippen LogP) is 5.90. The van der Waals surface area contributed by atoms with Crippen LogP contribution in [0.4, 0.5) is 0 Å². The van der Waals surface area contributed by atoms with Gasteiger partial charge in [0.2, 0.25) is 0 Å². The van der Waals surface area contributed by atoms with Crippen molar-refractivity contribution in [3.8, 4) is 22.4 Å². The topological polar surface area (TPSA) is 34.4 Å². The highest BCUT2D eigenvalue weighted by atomic mass is 16.1. The molecule has 0 saturated heterocycles. The van der Waals surface area contributed by atoms with Crippen LogP contribution in [0, 0.1) is 0 Å². The maximum Gasteiger partial charge on any atom is 0.197 e. The third-order valence-corrected chi connectivity index (χ3v) is 5.05. The van der Waals surface area contributed by atoms with Crippen molar-refractivity contribution in [2.75, 3.05) is 0 Å². The SMILES string of the molecule is O=C(c1ccccc1)c1c(-c2ccccc2)nn2cc(-c3ccccc3)ccc12. The minimum Gasteiger partial charge on any atom is -0.288 e. The number of ketones is 1. The van der Waals surface area contributed by atoms with Gasteiger partial charge in [0.15, 0.2) is 5.78 Å². The molecule has 0 atom stereocenters. The van der Waals surface area contributed by atoms with E-state index in [0.29, 0.717) is 16.8 Å². The maximum absolute atomic E-state index is 13.4. The minimum atomic E-state index is -0.0214. The molecule has 5 aromatic rings. The molecule has 3 aromatic carbocycles. The Morgan fingerprint density at radius 2 is 1.21 bits per heavy atom. The van der Waals surface area contributed by atoms with Gasteiger partial charge in [0.25, 0.3) is 0 Å². The minimum absolute atomic E-state index is 0.0214. The van der Waals surface area contributed by atoms with E-state index in [1.54, 1.807) is 0 Å². The highest BCUT2D eigenvalue weighted by Crippen LogP contribution is 2.30. The largest absolute Gasteiger partial charge is 0.288 e. The Morgan fingerprint density at radius 3 is 1.86 bits per heavy atom. The average Bonchev–Trinajstić information content (AvgIpc) is 3.19. The van der Waals surface area contributed by atoms with Crippen LogP contribution in [0.25, 0.3) is 27.9 Å². The number of rotatable bonds is 4. The molecule has 2 heterocycles. The van der Waals surface area contributed by atoms with E-state index in [0.717, 1.165) is 22.2 Å². The summed E-state index contributed by atoms with van der Waals surface area (Å²) in [7, 11) is 0. The molecule has 0 spiro atoms. The zero-order chi connectivity index (χ0) is 19.6. The zero-order valence-corrected chi connectivity index (χ0v) is 15.7. The van der Waals surface area contributed by atoms with Crippen LogP contribution in [0.1, 0.15) is 15.9 Å². The fourth-order valence-corrected chi connectivity index (χ4v) is 3.61. The first-order valence-corrected chi connectivity index (χ1v) is 9.54. The molecular formula is C26H18N2O. The third kappa shape index (κ3) is 3.13. The molecular weight excluding hydrogens is 356 g/mol. The second kappa shape index (κ2) is 7.21. The normalized spacial score (nSPS) is 10.9. The molecule has 3 heteroatoms. The van der Waals surface area contributed by atoms with Crippen LogP contribution in [0.5, 0.6) is 0 Å². The molecule has 0 N–H and O–H groups in total. The molecule has 3 nitrogen and oxygen atoms in total. The summed E-state index contributed by atoms with van der Waals surface area (Å²) in [4.78, 5) is 13.4. The van der Waals surface area contributed by atoms with Gasteiger partial charge in [-0.1, -0.05) is 97.1 Å². The van der Waals surface area contributed by atoms with Crippen LogP contribution >= 0.6 is 0 Å². The number of hydrogen-bond donors (Lipinski definition) is 0. The highest BCUT2D eigenvalue weighted by molar-refractivity contribution is 6.16. The van der Waals surface area contributed by atoms with Gasteiger partial charge in [0.05, 0.1) is 11.1 Å². The van der Waals surface area contributed by atoms with Crippen molar-refractivity contribution in [2.45, 2.75) is 0 Å². The molecule has 0 amide bonds. The second-order valence-corrected chi connectivity index (χ2v) is 6.90. The number of benzene rings is 3. The molecule has 0 saturated carbocycles. The molecule has 0 radical (unpaired) electrons. The molecule has 0 bridgehead atoms. The highest BCUT2D eigenvalue weighted by Gasteiger charge is 2.22. The molecule has 0 aliphatic carbocycles. The molecule has 0 unspecified atom stereocenters. The Bertz CT molecular complexity index is 1290. The van der Waals surface area contributed by atoms with Gasteiger partial charge in [-0.05, 0) is 11.6 Å². The van der Waals surface area contributed by atoms with Gasteiger partial charge < -0.3 is 0 Å². The monoisotopic (exact) mass is 374 g/mol. The first-order chi connectivity index (χ1) is 14.3. The van der Waals surface area contributed by atoms with Gasteiger partial charge in [0, 0.05) is 22.9 Å². The first kappa shape index (κ1) is 17.1. The van der Waals surface area contributed by atoms with Gasteiger partial charge in [0.1, 0.15) is 5.69 Å². The number of aromatic nitrogens is 2. The predicted molar refractivity (Wildman–Crippen MR) is 116 cm³/mol. The van der Waals surface area contributed by atoms with E-state index in [1.165, 1.54) is 0 Å². The Balaban J connectivity index is 1.74. The van der Waals surface area contributed by atoms with Crippen molar-refractivity contribution in [1.82, 2.24) is 9.61 Å². The molecule has 0 aliphatic rings. The van der Waals surface area contributed by atoms with E-state index < -0.39 is 0 Å². The van der Waals surface area contributed by atoms with Crippen molar-refractivity contribution >= 4 is 11.3 Å². The van der Waals surface area contributed by atoms with E-state index in [9.17, 15) is 4.79 Å². The molecule has 2 aromatic heterocycles. The molecule has 5 rings (SSSR count). The summed E-state index contributed by atoms with van der Waals surface area (Å²) in [6.45, 7) is 0. The lowest BCUT2D eigenvalue weighted by molar-refractivity contribution is 0.104. The number of carbonyl (C=O) groups excluding carboxylic acids is 1. The van der Waals surface area contributed by atoms with Crippen LogP contribution in [0.3, 0.4) is 0 Å². The number of nitrogens with zero attached hydrogens (tertiary/aromatic N) is 2. The maximum atomic E-state index is 13.4. The van der Waals surface area contributed by atoms with E-state index in [1.807, 2.05) is 102 Å². The third-order valence-electron chi connectivity index (χ3n) is 5.05. The number of carbonyl (C=O) groups is 1. The van der Waals surface area contributed by atoms with Gasteiger partial charge in [-0.25, -0.2) is 4.52 Å². The Labute approximate surface area is 168 Å². The molecule has 0 fully saturated rings. The van der Waals surface area contributed by atoms with E-state index in [4.69, 9.17) is 5.10 Å². The summed E-state index contributed by atoms with van der Waals surface area (Å²) in [6, 6.07) is 33.4. The van der Waals surface area contributed by atoms with Gasteiger partial charge in [-0.2, -0.15) is 5.10 Å². The second-order valence-electron chi connectivity index (χ2n) is 6.90. The number of pyridine rings is 1. The van der Waals surface area contributed by atoms with E-state index >= 15 is 0 Å². The van der Waals surface area contributed by atoms with Crippen LogP contribution < -0.4 is 0 Å².